The average Bonchev–Trinajstić information content (AvgIpc) is 3.31. The third-order valence-corrected chi connectivity index (χ3v) is 3.99. The monoisotopic (exact) mass is 327 g/mol. The molecule has 1 amide bonds. The van der Waals surface area contributed by atoms with Gasteiger partial charge in [-0.25, -0.2) is 4.52 Å². The number of hydrogen-bond donors (Lipinski definition) is 2. The Morgan fingerprint density at radius 1 is 1.42 bits per heavy atom. The molecule has 124 valence electrons. The van der Waals surface area contributed by atoms with E-state index in [2.05, 4.69) is 20.6 Å². The van der Waals surface area contributed by atoms with Crippen LogP contribution in [0.3, 0.4) is 0 Å². The highest BCUT2D eigenvalue weighted by molar-refractivity contribution is 5.81. The lowest BCUT2D eigenvalue weighted by Gasteiger charge is -2.19. The van der Waals surface area contributed by atoms with Crippen LogP contribution in [0.1, 0.15) is 5.56 Å². The fraction of sp³-hybridized carbons (Fsp3) is 0.312. The number of carbonyl (C=O) groups excluding carboxylic acids is 1. The first-order chi connectivity index (χ1) is 11.8. The summed E-state index contributed by atoms with van der Waals surface area (Å²) in [5.74, 6) is 0.553. The van der Waals surface area contributed by atoms with Crippen LogP contribution in [0.2, 0.25) is 0 Å². The topological polar surface area (TPSA) is 93.5 Å². The summed E-state index contributed by atoms with van der Waals surface area (Å²) in [4.78, 5) is 12.4. The van der Waals surface area contributed by atoms with Gasteiger partial charge in [-0.3, -0.25) is 9.89 Å². The summed E-state index contributed by atoms with van der Waals surface area (Å²) < 4.78 is 13.0. The molecule has 8 heteroatoms. The van der Waals surface area contributed by atoms with Crippen molar-refractivity contribution in [2.24, 2.45) is 0 Å². The van der Waals surface area contributed by atoms with Gasteiger partial charge in [0.05, 0.1) is 49.8 Å². The van der Waals surface area contributed by atoms with E-state index < -0.39 is 0 Å². The number of aromatic nitrogens is 4. The van der Waals surface area contributed by atoms with Gasteiger partial charge in [0.15, 0.2) is 5.75 Å². The highest BCUT2D eigenvalue weighted by Gasteiger charge is 2.31. The molecule has 2 atom stereocenters. The molecule has 1 aliphatic heterocycles. The van der Waals surface area contributed by atoms with Crippen LogP contribution in [0, 0.1) is 0 Å². The molecule has 4 heterocycles. The van der Waals surface area contributed by atoms with Crippen LogP contribution in [0.25, 0.3) is 5.52 Å². The largest absolute Gasteiger partial charge is 0.482 e. The Bertz CT molecular complexity index is 829. The van der Waals surface area contributed by atoms with Gasteiger partial charge in [0.2, 0.25) is 5.91 Å². The number of H-pyrrole nitrogens is 1. The molecule has 8 nitrogen and oxygen atoms in total. The number of rotatable bonds is 5. The maximum Gasteiger partial charge on any atom is 0.224 e. The molecule has 1 saturated heterocycles. The molecule has 2 N–H and O–H groups in total. The highest BCUT2D eigenvalue weighted by atomic mass is 16.5. The van der Waals surface area contributed by atoms with E-state index in [-0.39, 0.29) is 24.5 Å². The number of carbonyl (C=O) groups is 1. The van der Waals surface area contributed by atoms with Crippen molar-refractivity contribution in [1.29, 1.82) is 0 Å². The Labute approximate surface area is 137 Å². The number of amides is 1. The molecule has 3 aromatic heterocycles. The van der Waals surface area contributed by atoms with Crippen LogP contribution in [-0.4, -0.2) is 51.1 Å². The van der Waals surface area contributed by atoms with Gasteiger partial charge in [-0.05, 0) is 12.1 Å². The summed E-state index contributed by atoms with van der Waals surface area (Å²) in [5.41, 5.74) is 1.82. The first kappa shape index (κ1) is 14.7. The van der Waals surface area contributed by atoms with Crippen molar-refractivity contribution < 1.29 is 14.3 Å². The van der Waals surface area contributed by atoms with Crippen molar-refractivity contribution in [3.8, 4) is 5.75 Å². The minimum Gasteiger partial charge on any atom is -0.482 e. The van der Waals surface area contributed by atoms with Crippen LogP contribution in [0.15, 0.2) is 43.0 Å². The molecule has 0 bridgehead atoms. The number of aromatic amines is 1. The molecule has 0 radical (unpaired) electrons. The molecule has 0 aromatic carbocycles. The van der Waals surface area contributed by atoms with Gasteiger partial charge in [-0.1, -0.05) is 6.07 Å². The Kier molecular flexibility index (Phi) is 3.87. The van der Waals surface area contributed by atoms with Gasteiger partial charge in [-0.2, -0.15) is 10.2 Å². The van der Waals surface area contributed by atoms with E-state index in [0.29, 0.717) is 19.0 Å². The van der Waals surface area contributed by atoms with Crippen LogP contribution in [0.4, 0.5) is 0 Å². The lowest BCUT2D eigenvalue weighted by molar-refractivity contribution is -0.121. The Morgan fingerprint density at radius 2 is 2.38 bits per heavy atom. The SMILES string of the molecule is O=C(Cc1cnn2ccccc12)N[C@H]1COC[C@H]1Oc1cn[nH]c1. The van der Waals surface area contributed by atoms with Crippen molar-refractivity contribution in [2.75, 3.05) is 13.2 Å². The smallest absolute Gasteiger partial charge is 0.224 e. The summed E-state index contributed by atoms with van der Waals surface area (Å²) in [5, 5.41) is 13.8. The van der Waals surface area contributed by atoms with E-state index in [1.54, 1.807) is 23.1 Å². The van der Waals surface area contributed by atoms with Gasteiger partial charge >= 0.3 is 0 Å². The van der Waals surface area contributed by atoms with Crippen molar-refractivity contribution >= 4 is 11.4 Å². The molecule has 4 rings (SSSR count). The van der Waals surface area contributed by atoms with E-state index in [9.17, 15) is 4.79 Å². The molecule has 3 aromatic rings. The lowest BCUT2D eigenvalue weighted by atomic mass is 10.1. The minimum absolute atomic E-state index is 0.0787. The fourth-order valence-corrected chi connectivity index (χ4v) is 2.82. The predicted octanol–water partition coefficient (Wildman–Crippen LogP) is 0.562. The maximum absolute atomic E-state index is 12.4. The molecule has 24 heavy (non-hydrogen) atoms. The standard InChI is InChI=1S/C16H17N5O3/c22-16(5-11-6-19-21-4-2-1-3-14(11)21)20-13-9-23-10-15(13)24-12-7-17-18-8-12/h1-4,6-8,13,15H,5,9-10H2,(H,17,18)(H,20,22)/t13-,15+/m0/s1. The molecular weight excluding hydrogens is 310 g/mol. The Hall–Kier alpha value is -2.87. The summed E-state index contributed by atoms with van der Waals surface area (Å²) in [7, 11) is 0. The molecule has 0 spiro atoms. The summed E-state index contributed by atoms with van der Waals surface area (Å²) in [6, 6.07) is 5.59. The normalized spacial score (nSPS) is 20.3. The number of pyridine rings is 1. The minimum atomic E-state index is -0.226. The Balaban J connectivity index is 1.40. The van der Waals surface area contributed by atoms with E-state index in [4.69, 9.17) is 9.47 Å². The Morgan fingerprint density at radius 3 is 3.25 bits per heavy atom. The summed E-state index contributed by atoms with van der Waals surface area (Å²) in [6.45, 7) is 0.871. The van der Waals surface area contributed by atoms with Gasteiger partial charge in [0, 0.05) is 11.8 Å². The van der Waals surface area contributed by atoms with Crippen LogP contribution in [-0.2, 0) is 16.0 Å². The van der Waals surface area contributed by atoms with Crippen LogP contribution in [0.5, 0.6) is 5.75 Å². The third kappa shape index (κ3) is 2.95. The fourth-order valence-electron chi connectivity index (χ4n) is 2.82. The second-order valence-corrected chi connectivity index (χ2v) is 5.68. The number of nitrogens with one attached hydrogen (secondary N) is 2. The maximum atomic E-state index is 12.4. The first-order valence-corrected chi connectivity index (χ1v) is 7.73. The molecule has 0 unspecified atom stereocenters. The second-order valence-electron chi connectivity index (χ2n) is 5.68. The van der Waals surface area contributed by atoms with Crippen molar-refractivity contribution in [1.82, 2.24) is 25.1 Å². The molecule has 1 aliphatic rings. The number of nitrogens with zero attached hydrogens (tertiary/aromatic N) is 3. The number of fused-ring (bicyclic) bond motifs is 1. The zero-order chi connectivity index (χ0) is 16.4. The molecular formula is C16H17N5O3. The second kappa shape index (κ2) is 6.32. The highest BCUT2D eigenvalue weighted by Crippen LogP contribution is 2.16. The van der Waals surface area contributed by atoms with E-state index >= 15 is 0 Å². The van der Waals surface area contributed by atoms with Gasteiger partial charge in [0.25, 0.3) is 0 Å². The summed E-state index contributed by atoms with van der Waals surface area (Å²) >= 11 is 0. The van der Waals surface area contributed by atoms with Crippen molar-refractivity contribution in [3.63, 3.8) is 0 Å². The molecule has 0 saturated carbocycles. The molecule has 0 aliphatic carbocycles. The van der Waals surface area contributed by atoms with Gasteiger partial charge in [0.1, 0.15) is 6.10 Å². The quantitative estimate of drug-likeness (QED) is 0.714. The van der Waals surface area contributed by atoms with Crippen LogP contribution < -0.4 is 10.1 Å². The van der Waals surface area contributed by atoms with Gasteiger partial charge < -0.3 is 14.8 Å². The van der Waals surface area contributed by atoms with Crippen molar-refractivity contribution in [2.45, 2.75) is 18.6 Å². The van der Waals surface area contributed by atoms with E-state index in [1.165, 1.54) is 0 Å². The average molecular weight is 327 g/mol. The van der Waals surface area contributed by atoms with E-state index in [1.807, 2.05) is 24.4 Å². The van der Waals surface area contributed by atoms with Gasteiger partial charge in [-0.15, -0.1) is 0 Å². The zero-order valence-corrected chi connectivity index (χ0v) is 12.9. The number of hydrogen-bond acceptors (Lipinski definition) is 5. The first-order valence-electron chi connectivity index (χ1n) is 7.73. The van der Waals surface area contributed by atoms with E-state index in [0.717, 1.165) is 11.1 Å². The number of ether oxygens (including phenoxy) is 2. The summed E-state index contributed by atoms with van der Waals surface area (Å²) in [6.07, 6.45) is 6.88. The predicted molar refractivity (Wildman–Crippen MR) is 84.6 cm³/mol. The zero-order valence-electron chi connectivity index (χ0n) is 12.9. The lowest BCUT2D eigenvalue weighted by Crippen LogP contribution is -2.45. The van der Waals surface area contributed by atoms with Crippen LogP contribution >= 0.6 is 0 Å². The third-order valence-electron chi connectivity index (χ3n) is 3.99. The molecule has 1 fully saturated rings. The van der Waals surface area contributed by atoms with Crippen molar-refractivity contribution in [3.05, 3.63) is 48.5 Å².